The number of hydrogen-bond donors (Lipinski definition) is 4. The first-order chi connectivity index (χ1) is 9.90. The van der Waals surface area contributed by atoms with Crippen LogP contribution in [0.2, 0.25) is 0 Å². The van der Waals surface area contributed by atoms with Crippen molar-refractivity contribution in [2.45, 2.75) is 25.4 Å². The first-order valence-electron chi connectivity index (χ1n) is 6.49. The van der Waals surface area contributed by atoms with E-state index in [1.165, 1.54) is 6.92 Å². The second-order valence-electron chi connectivity index (χ2n) is 4.64. The van der Waals surface area contributed by atoms with Crippen LogP contribution in [-0.2, 0) is 20.8 Å². The quantitative estimate of drug-likeness (QED) is 0.527. The summed E-state index contributed by atoms with van der Waals surface area (Å²) in [5, 5.41) is 13.2. The summed E-state index contributed by atoms with van der Waals surface area (Å²) in [4.78, 5) is 33.7. The molecule has 5 N–H and O–H groups in total. The summed E-state index contributed by atoms with van der Waals surface area (Å²) in [5.41, 5.74) is 6.67. The zero-order chi connectivity index (χ0) is 15.8. The fraction of sp³-hybridized carbons (Fsp3) is 0.357. The van der Waals surface area contributed by atoms with Crippen LogP contribution in [0.3, 0.4) is 0 Å². The van der Waals surface area contributed by atoms with Crippen LogP contribution < -0.4 is 16.4 Å². The smallest absolute Gasteiger partial charge is 0.325 e. The van der Waals surface area contributed by atoms with Gasteiger partial charge in [0.25, 0.3) is 0 Å². The van der Waals surface area contributed by atoms with Gasteiger partial charge in [-0.2, -0.15) is 0 Å². The molecule has 7 heteroatoms. The van der Waals surface area contributed by atoms with E-state index in [1.807, 2.05) is 30.3 Å². The number of carboxylic acids is 1. The van der Waals surface area contributed by atoms with E-state index in [9.17, 15) is 14.4 Å². The molecule has 7 nitrogen and oxygen atoms in total. The second-order valence-corrected chi connectivity index (χ2v) is 4.64. The molecule has 21 heavy (non-hydrogen) atoms. The van der Waals surface area contributed by atoms with E-state index in [4.69, 9.17) is 10.8 Å². The van der Waals surface area contributed by atoms with Gasteiger partial charge in [0.1, 0.15) is 6.04 Å². The molecule has 0 radical (unpaired) electrons. The van der Waals surface area contributed by atoms with Crippen molar-refractivity contribution in [1.82, 2.24) is 10.6 Å². The van der Waals surface area contributed by atoms with Crippen molar-refractivity contribution in [2.24, 2.45) is 5.73 Å². The molecule has 2 amide bonds. The Kier molecular flexibility index (Phi) is 6.35. The lowest BCUT2D eigenvalue weighted by atomic mass is 10.1. The Morgan fingerprint density at radius 3 is 2.43 bits per heavy atom. The summed E-state index contributed by atoms with van der Waals surface area (Å²) in [6, 6.07) is 7.50. The van der Waals surface area contributed by atoms with Crippen molar-refractivity contribution in [3.63, 3.8) is 0 Å². The van der Waals surface area contributed by atoms with E-state index >= 15 is 0 Å². The van der Waals surface area contributed by atoms with Gasteiger partial charge in [0.2, 0.25) is 11.8 Å². The van der Waals surface area contributed by atoms with Gasteiger partial charge in [0.05, 0.1) is 12.6 Å². The van der Waals surface area contributed by atoms with Crippen molar-refractivity contribution in [2.75, 3.05) is 6.54 Å². The van der Waals surface area contributed by atoms with Gasteiger partial charge < -0.3 is 21.5 Å². The van der Waals surface area contributed by atoms with E-state index in [2.05, 4.69) is 10.6 Å². The average Bonchev–Trinajstić information content (AvgIpc) is 2.45. The largest absolute Gasteiger partial charge is 0.480 e. The highest BCUT2D eigenvalue weighted by atomic mass is 16.4. The van der Waals surface area contributed by atoms with Crippen LogP contribution in [0.25, 0.3) is 0 Å². The number of carboxylic acid groups (broad SMARTS) is 1. The third-order valence-corrected chi connectivity index (χ3v) is 2.81. The summed E-state index contributed by atoms with van der Waals surface area (Å²) in [5.74, 6) is -2.18. The minimum Gasteiger partial charge on any atom is -0.480 e. The highest BCUT2D eigenvalue weighted by molar-refractivity contribution is 5.89. The van der Waals surface area contributed by atoms with Gasteiger partial charge in [0, 0.05) is 0 Å². The zero-order valence-corrected chi connectivity index (χ0v) is 11.7. The molecule has 2 atom stereocenters. The number of carbonyl (C=O) groups excluding carboxylic acids is 2. The van der Waals surface area contributed by atoms with E-state index in [0.717, 1.165) is 5.56 Å². The van der Waals surface area contributed by atoms with Gasteiger partial charge in [-0.1, -0.05) is 30.3 Å². The molecule has 0 bridgehead atoms. The summed E-state index contributed by atoms with van der Waals surface area (Å²) >= 11 is 0. The minimum absolute atomic E-state index is 0.307. The lowest BCUT2D eigenvalue weighted by molar-refractivity contribution is -0.141. The van der Waals surface area contributed by atoms with Crippen molar-refractivity contribution < 1.29 is 19.5 Å². The van der Waals surface area contributed by atoms with Crippen molar-refractivity contribution in [3.05, 3.63) is 35.9 Å². The van der Waals surface area contributed by atoms with E-state index in [1.54, 1.807) is 0 Å². The molecule has 0 heterocycles. The number of amides is 2. The average molecular weight is 293 g/mol. The van der Waals surface area contributed by atoms with Gasteiger partial charge in [-0.25, -0.2) is 0 Å². The number of nitrogens with one attached hydrogen (secondary N) is 2. The SMILES string of the molecule is C[C@H](NC(=O)CNC(=O)[C@@H](N)Cc1ccccc1)C(=O)O. The Hall–Kier alpha value is -2.41. The molecule has 0 aromatic heterocycles. The van der Waals surface area contributed by atoms with E-state index in [0.29, 0.717) is 6.42 Å². The third-order valence-electron chi connectivity index (χ3n) is 2.81. The van der Waals surface area contributed by atoms with Crippen LogP contribution in [0.1, 0.15) is 12.5 Å². The minimum atomic E-state index is -1.14. The van der Waals surface area contributed by atoms with Crippen molar-refractivity contribution in [1.29, 1.82) is 0 Å². The molecule has 0 saturated heterocycles. The third kappa shape index (κ3) is 6.05. The number of hydrogen-bond acceptors (Lipinski definition) is 4. The summed E-state index contributed by atoms with van der Waals surface area (Å²) in [6.45, 7) is 1.03. The van der Waals surface area contributed by atoms with Crippen LogP contribution in [0.4, 0.5) is 0 Å². The van der Waals surface area contributed by atoms with Crippen LogP contribution in [-0.4, -0.2) is 41.5 Å². The lowest BCUT2D eigenvalue weighted by Crippen LogP contribution is -2.48. The van der Waals surface area contributed by atoms with Gasteiger partial charge in [-0.05, 0) is 18.9 Å². The topological polar surface area (TPSA) is 122 Å². The zero-order valence-electron chi connectivity index (χ0n) is 11.7. The molecular formula is C14H19N3O4. The number of aliphatic carboxylic acids is 1. The van der Waals surface area contributed by atoms with Gasteiger partial charge in [-0.3, -0.25) is 14.4 Å². The Morgan fingerprint density at radius 2 is 1.86 bits per heavy atom. The molecule has 0 aliphatic carbocycles. The van der Waals surface area contributed by atoms with E-state index < -0.39 is 29.9 Å². The Labute approximate surface area is 122 Å². The van der Waals surface area contributed by atoms with Crippen LogP contribution >= 0.6 is 0 Å². The highest BCUT2D eigenvalue weighted by Crippen LogP contribution is 2.01. The van der Waals surface area contributed by atoms with Crippen LogP contribution in [0, 0.1) is 0 Å². The first-order valence-corrected chi connectivity index (χ1v) is 6.49. The van der Waals surface area contributed by atoms with Gasteiger partial charge in [-0.15, -0.1) is 0 Å². The van der Waals surface area contributed by atoms with Crippen LogP contribution in [0.5, 0.6) is 0 Å². The second kappa shape index (κ2) is 8.01. The number of benzene rings is 1. The summed E-state index contributed by atoms with van der Waals surface area (Å²) in [7, 11) is 0. The van der Waals surface area contributed by atoms with Crippen molar-refractivity contribution in [3.8, 4) is 0 Å². The molecule has 0 unspecified atom stereocenters. The monoisotopic (exact) mass is 293 g/mol. The van der Waals surface area contributed by atoms with Crippen LogP contribution in [0.15, 0.2) is 30.3 Å². The Balaban J connectivity index is 2.36. The molecule has 1 aromatic carbocycles. The predicted octanol–water partition coefficient (Wildman–Crippen LogP) is -0.738. The van der Waals surface area contributed by atoms with Crippen molar-refractivity contribution >= 4 is 17.8 Å². The molecule has 1 rings (SSSR count). The maximum Gasteiger partial charge on any atom is 0.325 e. The maximum absolute atomic E-state index is 11.7. The number of nitrogens with two attached hydrogens (primary N) is 1. The Bertz CT molecular complexity index is 504. The fourth-order valence-electron chi connectivity index (χ4n) is 1.61. The normalized spacial score (nSPS) is 13.0. The van der Waals surface area contributed by atoms with E-state index in [-0.39, 0.29) is 6.54 Å². The molecule has 0 saturated carbocycles. The molecular weight excluding hydrogens is 274 g/mol. The Morgan fingerprint density at radius 1 is 1.24 bits per heavy atom. The number of rotatable bonds is 7. The van der Waals surface area contributed by atoms with Gasteiger partial charge >= 0.3 is 5.97 Å². The molecule has 0 aliphatic rings. The molecule has 114 valence electrons. The highest BCUT2D eigenvalue weighted by Gasteiger charge is 2.17. The molecule has 0 fully saturated rings. The number of carbonyl (C=O) groups is 3. The standard InChI is InChI=1S/C14H19N3O4/c1-9(14(20)21)17-12(18)8-16-13(19)11(15)7-10-5-3-2-4-6-10/h2-6,9,11H,7-8,15H2,1H3,(H,16,19)(H,17,18)(H,20,21)/t9-,11-/m0/s1. The summed E-state index contributed by atoms with van der Waals surface area (Å²) < 4.78 is 0. The predicted molar refractivity (Wildman–Crippen MR) is 76.4 cm³/mol. The van der Waals surface area contributed by atoms with Gasteiger partial charge in [0.15, 0.2) is 0 Å². The fourth-order valence-corrected chi connectivity index (χ4v) is 1.61. The molecule has 1 aromatic rings. The maximum atomic E-state index is 11.7. The summed E-state index contributed by atoms with van der Waals surface area (Å²) in [6.07, 6.45) is 0.361. The molecule has 0 spiro atoms. The lowest BCUT2D eigenvalue weighted by Gasteiger charge is -2.13. The first kappa shape index (κ1) is 16.6. The molecule has 0 aliphatic heterocycles.